The molecule has 3 aromatic rings. The number of carbonyl (C=O) groups is 1. The van der Waals surface area contributed by atoms with Crippen LogP contribution in [0.5, 0.6) is 0 Å². The highest BCUT2D eigenvalue weighted by atomic mass is 127. The fraction of sp³-hybridized carbons (Fsp3) is 0.391. The Labute approximate surface area is 211 Å². The molecule has 0 radical (unpaired) electrons. The minimum Gasteiger partial charge on any atom is -0.356 e. The predicted molar refractivity (Wildman–Crippen MR) is 140 cm³/mol. The molecular formula is C23H31IN8O. The summed E-state index contributed by atoms with van der Waals surface area (Å²) in [6.45, 7) is 5.66. The first-order chi connectivity index (χ1) is 15.6. The molecule has 3 heterocycles. The molecule has 1 aliphatic heterocycles. The van der Waals surface area contributed by atoms with E-state index in [-0.39, 0.29) is 36.4 Å². The lowest BCUT2D eigenvalue weighted by atomic mass is 10.1. The van der Waals surface area contributed by atoms with Crippen molar-refractivity contribution < 1.29 is 4.79 Å². The molecule has 0 unspecified atom stereocenters. The highest BCUT2D eigenvalue weighted by molar-refractivity contribution is 14.0. The second kappa shape index (κ2) is 11.8. The van der Waals surface area contributed by atoms with Crippen LogP contribution in [0.15, 0.2) is 60.1 Å². The Hall–Kier alpha value is -2.89. The number of rotatable bonds is 7. The van der Waals surface area contributed by atoms with Crippen molar-refractivity contribution >= 4 is 41.5 Å². The summed E-state index contributed by atoms with van der Waals surface area (Å²) in [5, 5.41) is 7.50. The summed E-state index contributed by atoms with van der Waals surface area (Å²) in [6.07, 6.45) is 8.35. The van der Waals surface area contributed by atoms with Gasteiger partial charge in [-0.05, 0) is 18.9 Å². The third-order valence-corrected chi connectivity index (χ3v) is 5.51. The molecular weight excluding hydrogens is 531 g/mol. The van der Waals surface area contributed by atoms with Gasteiger partial charge in [0, 0.05) is 51.8 Å². The van der Waals surface area contributed by atoms with Crippen molar-refractivity contribution in [1.82, 2.24) is 29.5 Å². The third kappa shape index (κ3) is 6.34. The summed E-state index contributed by atoms with van der Waals surface area (Å²) in [7, 11) is 1.85. The highest BCUT2D eigenvalue weighted by Crippen LogP contribution is 2.16. The zero-order valence-electron chi connectivity index (χ0n) is 19.1. The number of carbonyl (C=O) groups excluding carboxylic acids is 1. The van der Waals surface area contributed by atoms with E-state index >= 15 is 0 Å². The Morgan fingerprint density at radius 3 is 2.73 bits per heavy atom. The molecule has 0 bridgehead atoms. The number of halogens is 1. The molecule has 1 N–H and O–H groups in total. The Bertz CT molecular complexity index is 1060. The Morgan fingerprint density at radius 2 is 2.03 bits per heavy atom. The molecule has 10 heteroatoms. The number of aliphatic imine (C=N–C) groups is 1. The largest absolute Gasteiger partial charge is 0.356 e. The van der Waals surface area contributed by atoms with E-state index in [1.165, 1.54) is 5.56 Å². The number of hydrogen-bond donors (Lipinski definition) is 1. The van der Waals surface area contributed by atoms with Gasteiger partial charge in [-0.25, -0.2) is 9.98 Å². The normalized spacial score (nSPS) is 14.4. The Kier molecular flexibility index (Phi) is 8.87. The molecule has 4 rings (SSSR count). The number of nitrogens with zero attached hydrogens (tertiary/aromatic N) is 7. The van der Waals surface area contributed by atoms with Crippen LogP contribution < -0.4 is 10.2 Å². The molecule has 0 atom stereocenters. The number of anilines is 1. The summed E-state index contributed by atoms with van der Waals surface area (Å²) >= 11 is 0. The molecule has 0 spiro atoms. The van der Waals surface area contributed by atoms with Gasteiger partial charge in [0.15, 0.2) is 5.96 Å². The summed E-state index contributed by atoms with van der Waals surface area (Å²) in [5.74, 6) is 1.69. The second-order valence-electron chi connectivity index (χ2n) is 7.78. The molecule has 2 aromatic heterocycles. The van der Waals surface area contributed by atoms with Crippen molar-refractivity contribution in [3.8, 4) is 0 Å². The fourth-order valence-electron chi connectivity index (χ4n) is 3.84. The maximum Gasteiger partial charge on any atom is 0.246 e. The molecule has 9 nitrogen and oxygen atoms in total. The Morgan fingerprint density at radius 1 is 1.21 bits per heavy atom. The lowest BCUT2D eigenvalue weighted by molar-refractivity contribution is -0.120. The molecule has 1 amide bonds. The summed E-state index contributed by atoms with van der Waals surface area (Å²) in [5.41, 5.74) is 2.13. The van der Waals surface area contributed by atoms with Gasteiger partial charge in [0.25, 0.3) is 0 Å². The van der Waals surface area contributed by atoms with Crippen LogP contribution in [-0.4, -0.2) is 62.3 Å². The molecule has 0 aliphatic carbocycles. The van der Waals surface area contributed by atoms with Gasteiger partial charge < -0.3 is 19.7 Å². The SMILES string of the molecule is CCNC(=NCc1nccn1CCc1ccccc1)N1CCN(c2cnn(C)c2)C(=O)C1.I. The number of aryl methyl sites for hydroxylation is 3. The molecule has 33 heavy (non-hydrogen) atoms. The van der Waals surface area contributed by atoms with Crippen LogP contribution in [0.3, 0.4) is 0 Å². The average molecular weight is 562 g/mol. The first-order valence-corrected chi connectivity index (χ1v) is 11.0. The second-order valence-corrected chi connectivity index (χ2v) is 7.78. The summed E-state index contributed by atoms with van der Waals surface area (Å²) < 4.78 is 3.85. The van der Waals surface area contributed by atoms with E-state index < -0.39 is 0 Å². The van der Waals surface area contributed by atoms with E-state index in [4.69, 9.17) is 4.99 Å². The lowest BCUT2D eigenvalue weighted by Crippen LogP contribution is -2.55. The van der Waals surface area contributed by atoms with Crippen LogP contribution in [0.1, 0.15) is 18.3 Å². The number of nitrogens with one attached hydrogen (secondary N) is 1. The number of benzene rings is 1. The van der Waals surface area contributed by atoms with E-state index in [0.717, 1.165) is 37.0 Å². The number of guanidine groups is 1. The summed E-state index contributed by atoms with van der Waals surface area (Å²) in [6, 6.07) is 10.4. The zero-order chi connectivity index (χ0) is 22.3. The van der Waals surface area contributed by atoms with E-state index in [0.29, 0.717) is 19.6 Å². The molecule has 1 aliphatic rings. The van der Waals surface area contributed by atoms with Gasteiger partial charge in [0.05, 0.1) is 11.9 Å². The fourth-order valence-corrected chi connectivity index (χ4v) is 3.84. The lowest BCUT2D eigenvalue weighted by Gasteiger charge is -2.35. The van der Waals surface area contributed by atoms with E-state index in [2.05, 4.69) is 44.2 Å². The summed E-state index contributed by atoms with van der Waals surface area (Å²) in [4.78, 5) is 25.9. The van der Waals surface area contributed by atoms with Crippen LogP contribution >= 0.6 is 24.0 Å². The van der Waals surface area contributed by atoms with Crippen molar-refractivity contribution in [2.75, 3.05) is 31.1 Å². The highest BCUT2D eigenvalue weighted by Gasteiger charge is 2.27. The third-order valence-electron chi connectivity index (χ3n) is 5.51. The number of amides is 1. The zero-order valence-corrected chi connectivity index (χ0v) is 21.4. The van der Waals surface area contributed by atoms with Crippen LogP contribution in [0.2, 0.25) is 0 Å². The van der Waals surface area contributed by atoms with Gasteiger partial charge in [0.1, 0.15) is 18.9 Å². The maximum absolute atomic E-state index is 12.8. The topological polar surface area (TPSA) is 83.6 Å². The van der Waals surface area contributed by atoms with Crippen molar-refractivity contribution in [3.05, 3.63) is 66.5 Å². The number of piperazine rings is 1. The van der Waals surface area contributed by atoms with Gasteiger partial charge in [0.2, 0.25) is 5.91 Å². The average Bonchev–Trinajstić information content (AvgIpc) is 3.44. The minimum absolute atomic E-state index is 0. The van der Waals surface area contributed by atoms with E-state index in [1.807, 2.05) is 43.5 Å². The van der Waals surface area contributed by atoms with Gasteiger partial charge in [-0.3, -0.25) is 9.48 Å². The van der Waals surface area contributed by atoms with E-state index in [1.54, 1.807) is 15.8 Å². The predicted octanol–water partition coefficient (Wildman–Crippen LogP) is 2.29. The van der Waals surface area contributed by atoms with Crippen LogP contribution in [0, 0.1) is 0 Å². The standard InChI is InChI=1S/C23H30N8O.HI/c1-3-24-23(30-13-14-31(22(32)18-30)20-15-27-28(2)17-20)26-16-21-25-10-12-29(21)11-9-19-7-5-4-6-8-19;/h4-8,10,12,15,17H,3,9,11,13-14,16,18H2,1-2H3,(H,24,26);1H. The number of imidazole rings is 1. The molecule has 176 valence electrons. The van der Waals surface area contributed by atoms with Crippen LogP contribution in [-0.2, 0) is 31.4 Å². The maximum atomic E-state index is 12.8. The van der Waals surface area contributed by atoms with Gasteiger partial charge in [-0.1, -0.05) is 30.3 Å². The molecule has 1 aromatic carbocycles. The van der Waals surface area contributed by atoms with Crippen molar-refractivity contribution in [2.45, 2.75) is 26.4 Å². The van der Waals surface area contributed by atoms with Gasteiger partial charge in [-0.2, -0.15) is 5.10 Å². The molecule has 1 saturated heterocycles. The minimum atomic E-state index is 0. The first kappa shape index (κ1) is 24.7. The smallest absolute Gasteiger partial charge is 0.246 e. The van der Waals surface area contributed by atoms with Crippen LogP contribution in [0.25, 0.3) is 0 Å². The van der Waals surface area contributed by atoms with Crippen molar-refractivity contribution in [3.63, 3.8) is 0 Å². The number of hydrogen-bond acceptors (Lipinski definition) is 4. The Balaban J connectivity index is 0.00000306. The van der Waals surface area contributed by atoms with Crippen LogP contribution in [0.4, 0.5) is 5.69 Å². The van der Waals surface area contributed by atoms with Gasteiger partial charge >= 0.3 is 0 Å². The van der Waals surface area contributed by atoms with Gasteiger partial charge in [-0.15, -0.1) is 24.0 Å². The first-order valence-electron chi connectivity index (χ1n) is 11.0. The van der Waals surface area contributed by atoms with Crippen molar-refractivity contribution in [1.29, 1.82) is 0 Å². The molecule has 1 fully saturated rings. The van der Waals surface area contributed by atoms with Crippen molar-refractivity contribution in [2.24, 2.45) is 12.0 Å². The van der Waals surface area contributed by atoms with E-state index in [9.17, 15) is 4.79 Å². The monoisotopic (exact) mass is 562 g/mol. The quantitative estimate of drug-likeness (QED) is 0.272. The number of aromatic nitrogens is 4. The molecule has 0 saturated carbocycles.